The predicted molar refractivity (Wildman–Crippen MR) is 152 cm³/mol. The summed E-state index contributed by atoms with van der Waals surface area (Å²) in [6.45, 7) is 5.50. The van der Waals surface area contributed by atoms with Crippen molar-refractivity contribution in [2.45, 2.75) is 51.6 Å². The molecule has 1 aliphatic rings. The van der Waals surface area contributed by atoms with E-state index in [1.807, 2.05) is 37.9 Å². The number of benzene rings is 2. The first-order chi connectivity index (χ1) is 19.3. The molecule has 41 heavy (non-hydrogen) atoms. The number of amides is 2. The van der Waals surface area contributed by atoms with Gasteiger partial charge in [-0.05, 0) is 76.9 Å². The van der Waals surface area contributed by atoms with Crippen LogP contribution >= 0.6 is 0 Å². The smallest absolute Gasteiger partial charge is 0.416 e. The van der Waals surface area contributed by atoms with Crippen LogP contribution in [0.2, 0.25) is 0 Å². The fourth-order valence-corrected chi connectivity index (χ4v) is 4.78. The lowest BCUT2D eigenvalue weighted by Crippen LogP contribution is -2.49. The van der Waals surface area contributed by atoms with Gasteiger partial charge in [0.25, 0.3) is 5.91 Å². The Morgan fingerprint density at radius 2 is 1.85 bits per heavy atom. The van der Waals surface area contributed by atoms with E-state index in [1.54, 1.807) is 30.0 Å². The normalized spacial score (nSPS) is 18.5. The van der Waals surface area contributed by atoms with Crippen LogP contribution in [0.15, 0.2) is 42.5 Å². The average Bonchev–Trinajstić information content (AvgIpc) is 2.90. The van der Waals surface area contributed by atoms with Gasteiger partial charge in [0.2, 0.25) is 5.91 Å². The number of carbonyl (C=O) groups excluding carboxylic acids is 2. The Balaban J connectivity index is 1.80. The summed E-state index contributed by atoms with van der Waals surface area (Å²) < 4.78 is 45.2. The standard InChI is InChI=1S/C30H41F3N4O4/c1-20-16-37(21(2)19-38)29(40)25-15-24(34-28(39)7-6-14-35(3)4)12-13-26(25)41-27(20)18-36(5)17-22-8-10-23(11-9-22)30(31,32)33/h8-13,15,20-21,27,38H,6-7,14,16-19H2,1-5H3,(H,34,39)/t20-,21+,27+/m1/s1. The van der Waals surface area contributed by atoms with E-state index in [1.165, 1.54) is 12.1 Å². The number of likely N-dealkylation sites (N-methyl/N-ethyl adjacent to an activating group) is 1. The molecule has 0 radical (unpaired) electrons. The van der Waals surface area contributed by atoms with Crippen LogP contribution in [0.3, 0.4) is 0 Å². The molecule has 226 valence electrons. The van der Waals surface area contributed by atoms with Crippen molar-refractivity contribution >= 4 is 17.5 Å². The van der Waals surface area contributed by atoms with Gasteiger partial charge in [0, 0.05) is 37.7 Å². The van der Waals surface area contributed by atoms with Crippen molar-refractivity contribution < 1.29 is 32.6 Å². The molecule has 0 aliphatic carbocycles. The number of halogens is 3. The van der Waals surface area contributed by atoms with Gasteiger partial charge in [-0.1, -0.05) is 19.1 Å². The molecule has 0 bridgehead atoms. The molecule has 8 nitrogen and oxygen atoms in total. The minimum Gasteiger partial charge on any atom is -0.488 e. The Morgan fingerprint density at radius 1 is 1.17 bits per heavy atom. The number of nitrogens with one attached hydrogen (secondary N) is 1. The molecule has 1 heterocycles. The minimum absolute atomic E-state index is 0.118. The molecule has 0 saturated heterocycles. The second-order valence-electron chi connectivity index (χ2n) is 11.2. The lowest BCUT2D eigenvalue weighted by Gasteiger charge is -2.38. The number of nitrogens with zero attached hydrogens (tertiary/aromatic N) is 3. The zero-order chi connectivity index (χ0) is 30.3. The molecular formula is C30H41F3N4O4. The highest BCUT2D eigenvalue weighted by molar-refractivity contribution is 5.99. The van der Waals surface area contributed by atoms with Crippen LogP contribution < -0.4 is 10.1 Å². The zero-order valence-electron chi connectivity index (χ0n) is 24.4. The first-order valence-corrected chi connectivity index (χ1v) is 13.8. The van der Waals surface area contributed by atoms with Crippen LogP contribution in [0.1, 0.15) is 48.2 Å². The highest BCUT2D eigenvalue weighted by Gasteiger charge is 2.34. The number of fused-ring (bicyclic) bond motifs is 1. The van der Waals surface area contributed by atoms with E-state index in [2.05, 4.69) is 5.32 Å². The molecule has 2 aromatic rings. The third kappa shape index (κ3) is 9.17. The Morgan fingerprint density at radius 3 is 2.46 bits per heavy atom. The molecule has 0 spiro atoms. The maximum Gasteiger partial charge on any atom is 0.416 e. The number of aliphatic hydroxyl groups is 1. The number of anilines is 1. The summed E-state index contributed by atoms with van der Waals surface area (Å²) in [6.07, 6.45) is -3.70. The maximum absolute atomic E-state index is 13.6. The number of carbonyl (C=O) groups is 2. The minimum atomic E-state index is -4.39. The van der Waals surface area contributed by atoms with E-state index in [-0.39, 0.29) is 30.4 Å². The van der Waals surface area contributed by atoms with E-state index < -0.39 is 17.8 Å². The lowest BCUT2D eigenvalue weighted by atomic mass is 9.99. The predicted octanol–water partition coefficient (Wildman–Crippen LogP) is 4.34. The van der Waals surface area contributed by atoms with Crippen LogP contribution in [0.4, 0.5) is 18.9 Å². The van der Waals surface area contributed by atoms with Crippen molar-refractivity contribution in [2.24, 2.45) is 5.92 Å². The van der Waals surface area contributed by atoms with Gasteiger partial charge in [-0.3, -0.25) is 14.5 Å². The second kappa shape index (κ2) is 14.2. The zero-order valence-corrected chi connectivity index (χ0v) is 24.4. The summed E-state index contributed by atoms with van der Waals surface area (Å²) >= 11 is 0. The van der Waals surface area contributed by atoms with Crippen molar-refractivity contribution in [3.05, 3.63) is 59.2 Å². The summed E-state index contributed by atoms with van der Waals surface area (Å²) in [6, 6.07) is 9.63. The Bertz CT molecular complexity index is 1170. The van der Waals surface area contributed by atoms with Crippen LogP contribution in [-0.2, 0) is 17.5 Å². The summed E-state index contributed by atoms with van der Waals surface area (Å²) in [5, 5.41) is 12.7. The van der Waals surface area contributed by atoms with Crippen LogP contribution in [0, 0.1) is 5.92 Å². The Hall–Kier alpha value is -3.15. The van der Waals surface area contributed by atoms with Crippen molar-refractivity contribution in [3.63, 3.8) is 0 Å². The monoisotopic (exact) mass is 578 g/mol. The lowest BCUT2D eigenvalue weighted by molar-refractivity contribution is -0.137. The van der Waals surface area contributed by atoms with Gasteiger partial charge in [-0.25, -0.2) is 0 Å². The van der Waals surface area contributed by atoms with Crippen LogP contribution in [-0.4, -0.2) is 91.2 Å². The maximum atomic E-state index is 13.6. The number of alkyl halides is 3. The van der Waals surface area contributed by atoms with Gasteiger partial charge in [-0.2, -0.15) is 13.2 Å². The Labute approximate surface area is 240 Å². The number of hydrogen-bond donors (Lipinski definition) is 2. The summed E-state index contributed by atoms with van der Waals surface area (Å²) in [5.74, 6) is -0.195. The van der Waals surface area contributed by atoms with Crippen molar-refractivity contribution in [2.75, 3.05) is 52.7 Å². The quantitative estimate of drug-likeness (QED) is 0.413. The van der Waals surface area contributed by atoms with E-state index in [4.69, 9.17) is 4.74 Å². The van der Waals surface area contributed by atoms with Gasteiger partial charge in [0.15, 0.2) is 0 Å². The number of rotatable bonds is 11. The highest BCUT2D eigenvalue weighted by atomic mass is 19.4. The molecular weight excluding hydrogens is 537 g/mol. The summed E-state index contributed by atoms with van der Waals surface area (Å²) in [7, 11) is 5.75. The molecule has 0 unspecified atom stereocenters. The molecule has 2 aromatic carbocycles. The molecule has 11 heteroatoms. The first-order valence-electron chi connectivity index (χ1n) is 13.8. The van der Waals surface area contributed by atoms with Crippen molar-refractivity contribution in [1.29, 1.82) is 0 Å². The number of aliphatic hydroxyl groups excluding tert-OH is 1. The Kier molecular flexibility index (Phi) is 11.2. The SMILES string of the molecule is C[C@@H]1CN([C@@H](C)CO)C(=O)c2cc(NC(=O)CCCN(C)C)ccc2O[C@H]1CN(C)Cc1ccc(C(F)(F)F)cc1. The third-order valence-corrected chi connectivity index (χ3v) is 7.18. The molecule has 0 saturated carbocycles. The molecule has 0 aromatic heterocycles. The summed E-state index contributed by atoms with van der Waals surface area (Å²) in [5.41, 5.74) is 0.816. The van der Waals surface area contributed by atoms with Crippen molar-refractivity contribution in [3.8, 4) is 5.75 Å². The molecule has 0 fully saturated rings. The van der Waals surface area contributed by atoms with E-state index >= 15 is 0 Å². The van der Waals surface area contributed by atoms with E-state index in [9.17, 15) is 27.9 Å². The highest BCUT2D eigenvalue weighted by Crippen LogP contribution is 2.32. The number of hydrogen-bond acceptors (Lipinski definition) is 6. The van der Waals surface area contributed by atoms with Gasteiger partial charge in [0.1, 0.15) is 11.9 Å². The van der Waals surface area contributed by atoms with Crippen molar-refractivity contribution in [1.82, 2.24) is 14.7 Å². The second-order valence-corrected chi connectivity index (χ2v) is 11.2. The van der Waals surface area contributed by atoms with Crippen LogP contribution in [0.5, 0.6) is 5.75 Å². The van der Waals surface area contributed by atoms with Gasteiger partial charge in [0.05, 0.1) is 23.8 Å². The average molecular weight is 579 g/mol. The third-order valence-electron chi connectivity index (χ3n) is 7.18. The van der Waals surface area contributed by atoms with Crippen LogP contribution in [0.25, 0.3) is 0 Å². The molecule has 3 rings (SSSR count). The molecule has 2 N–H and O–H groups in total. The fraction of sp³-hybridized carbons (Fsp3) is 0.533. The first kappa shape index (κ1) is 32.4. The van der Waals surface area contributed by atoms with Gasteiger partial charge in [-0.15, -0.1) is 0 Å². The van der Waals surface area contributed by atoms with E-state index in [0.29, 0.717) is 49.5 Å². The van der Waals surface area contributed by atoms with E-state index in [0.717, 1.165) is 24.2 Å². The fourth-order valence-electron chi connectivity index (χ4n) is 4.78. The topological polar surface area (TPSA) is 85.3 Å². The summed E-state index contributed by atoms with van der Waals surface area (Å²) in [4.78, 5) is 31.7. The molecule has 1 aliphatic heterocycles. The largest absolute Gasteiger partial charge is 0.488 e. The van der Waals surface area contributed by atoms with Gasteiger partial charge >= 0.3 is 6.18 Å². The molecule has 3 atom stereocenters. The number of ether oxygens (including phenoxy) is 1. The molecule has 2 amide bonds. The van der Waals surface area contributed by atoms with Gasteiger partial charge < -0.3 is 25.0 Å².